The van der Waals surface area contributed by atoms with Crippen molar-refractivity contribution in [2.24, 2.45) is 0 Å². The topological polar surface area (TPSA) is 21.3 Å². The van der Waals surface area contributed by atoms with Gasteiger partial charge in [-0.1, -0.05) is 22.0 Å². The van der Waals surface area contributed by atoms with Crippen molar-refractivity contribution in [2.75, 3.05) is 13.2 Å². The van der Waals surface area contributed by atoms with E-state index in [1.165, 1.54) is 11.1 Å². The Balaban J connectivity index is 1.98. The lowest BCUT2D eigenvalue weighted by Gasteiger charge is -2.28. The molecule has 1 heterocycles. The minimum absolute atomic E-state index is 0.316. The van der Waals surface area contributed by atoms with E-state index in [9.17, 15) is 0 Å². The summed E-state index contributed by atoms with van der Waals surface area (Å²) < 4.78 is 6.95. The van der Waals surface area contributed by atoms with Gasteiger partial charge in [-0.25, -0.2) is 0 Å². The third kappa shape index (κ3) is 3.06. The van der Waals surface area contributed by atoms with Crippen LogP contribution in [0.2, 0.25) is 0 Å². The molecule has 1 aromatic rings. The maximum atomic E-state index is 5.81. The van der Waals surface area contributed by atoms with E-state index in [0.717, 1.165) is 24.0 Å². The first-order valence-electron chi connectivity index (χ1n) is 5.75. The molecule has 1 aliphatic rings. The number of ether oxygens (including phenoxy) is 1. The Kier molecular flexibility index (Phi) is 4.00. The second-order valence-electron chi connectivity index (χ2n) is 4.54. The SMILES string of the molecule is Cc1cc(Br)ccc1CC1CNC(C)CO1. The monoisotopic (exact) mass is 283 g/mol. The molecule has 1 N–H and O–H groups in total. The molecule has 88 valence electrons. The molecule has 1 aromatic carbocycles. The average molecular weight is 284 g/mol. The fourth-order valence-electron chi connectivity index (χ4n) is 2.00. The van der Waals surface area contributed by atoms with Gasteiger partial charge in [-0.15, -0.1) is 0 Å². The lowest BCUT2D eigenvalue weighted by molar-refractivity contribution is 0.00874. The molecule has 1 saturated heterocycles. The first kappa shape index (κ1) is 12.1. The number of aryl methyl sites for hydroxylation is 1. The third-order valence-electron chi connectivity index (χ3n) is 3.03. The van der Waals surface area contributed by atoms with E-state index in [1.54, 1.807) is 0 Å². The molecule has 0 bridgehead atoms. The van der Waals surface area contributed by atoms with Crippen LogP contribution in [0.25, 0.3) is 0 Å². The van der Waals surface area contributed by atoms with Gasteiger partial charge >= 0.3 is 0 Å². The van der Waals surface area contributed by atoms with Gasteiger partial charge in [0.15, 0.2) is 0 Å². The Morgan fingerprint density at radius 1 is 1.50 bits per heavy atom. The summed E-state index contributed by atoms with van der Waals surface area (Å²) in [6, 6.07) is 6.93. The molecular weight excluding hydrogens is 266 g/mol. The molecule has 1 aliphatic heterocycles. The van der Waals surface area contributed by atoms with E-state index in [2.05, 4.69) is 53.3 Å². The zero-order chi connectivity index (χ0) is 11.5. The van der Waals surface area contributed by atoms with Gasteiger partial charge in [0.25, 0.3) is 0 Å². The standard InChI is InChI=1S/C13H18BrNO/c1-9-5-12(14)4-3-11(9)6-13-7-15-10(2)8-16-13/h3-5,10,13,15H,6-8H2,1-2H3. The molecule has 2 nitrogen and oxygen atoms in total. The molecule has 0 radical (unpaired) electrons. The van der Waals surface area contributed by atoms with E-state index in [1.807, 2.05) is 0 Å². The Morgan fingerprint density at radius 2 is 2.31 bits per heavy atom. The number of rotatable bonds is 2. The molecule has 2 atom stereocenters. The fourth-order valence-corrected chi connectivity index (χ4v) is 2.47. The van der Waals surface area contributed by atoms with Crippen LogP contribution in [0.4, 0.5) is 0 Å². The van der Waals surface area contributed by atoms with Crippen LogP contribution in [-0.4, -0.2) is 25.3 Å². The van der Waals surface area contributed by atoms with Crippen molar-refractivity contribution in [1.82, 2.24) is 5.32 Å². The highest BCUT2D eigenvalue weighted by molar-refractivity contribution is 9.10. The largest absolute Gasteiger partial charge is 0.375 e. The molecular formula is C13H18BrNO. The van der Waals surface area contributed by atoms with Gasteiger partial charge in [-0.05, 0) is 37.1 Å². The van der Waals surface area contributed by atoms with Crippen LogP contribution in [0.15, 0.2) is 22.7 Å². The summed E-state index contributed by atoms with van der Waals surface area (Å²) in [5, 5.41) is 3.45. The average Bonchev–Trinajstić information content (AvgIpc) is 2.25. The summed E-state index contributed by atoms with van der Waals surface area (Å²) in [5.41, 5.74) is 2.71. The van der Waals surface area contributed by atoms with Crippen LogP contribution in [0.1, 0.15) is 18.1 Å². The summed E-state index contributed by atoms with van der Waals surface area (Å²) in [6.07, 6.45) is 1.31. The normalized spacial score (nSPS) is 25.7. The Bertz CT molecular complexity index is 359. The lowest BCUT2D eigenvalue weighted by atomic mass is 10.0. The summed E-state index contributed by atoms with van der Waals surface area (Å²) >= 11 is 3.49. The number of halogens is 1. The Morgan fingerprint density at radius 3 is 2.94 bits per heavy atom. The zero-order valence-electron chi connectivity index (χ0n) is 9.79. The van der Waals surface area contributed by atoms with Crippen LogP contribution in [-0.2, 0) is 11.2 Å². The predicted molar refractivity (Wildman–Crippen MR) is 69.8 cm³/mol. The highest BCUT2D eigenvalue weighted by Gasteiger charge is 2.18. The summed E-state index contributed by atoms with van der Waals surface area (Å²) in [6.45, 7) is 6.08. The van der Waals surface area contributed by atoms with Gasteiger partial charge < -0.3 is 10.1 Å². The maximum absolute atomic E-state index is 5.81. The van der Waals surface area contributed by atoms with Crippen molar-refractivity contribution in [2.45, 2.75) is 32.4 Å². The first-order chi connectivity index (χ1) is 7.65. The van der Waals surface area contributed by atoms with Gasteiger partial charge in [0.2, 0.25) is 0 Å². The summed E-state index contributed by atoms with van der Waals surface area (Å²) in [7, 11) is 0. The van der Waals surface area contributed by atoms with E-state index in [4.69, 9.17) is 4.74 Å². The maximum Gasteiger partial charge on any atom is 0.0740 e. The summed E-state index contributed by atoms with van der Waals surface area (Å²) in [4.78, 5) is 0. The number of benzene rings is 1. The number of hydrogen-bond donors (Lipinski definition) is 1. The van der Waals surface area contributed by atoms with Crippen LogP contribution in [0.5, 0.6) is 0 Å². The third-order valence-corrected chi connectivity index (χ3v) is 3.52. The fraction of sp³-hybridized carbons (Fsp3) is 0.538. The van der Waals surface area contributed by atoms with Crippen LogP contribution < -0.4 is 5.32 Å². The summed E-state index contributed by atoms with van der Waals surface area (Å²) in [5.74, 6) is 0. The van der Waals surface area contributed by atoms with Crippen molar-refractivity contribution >= 4 is 15.9 Å². The molecule has 1 fully saturated rings. The van der Waals surface area contributed by atoms with Crippen molar-refractivity contribution in [1.29, 1.82) is 0 Å². The van der Waals surface area contributed by atoms with Gasteiger partial charge in [-0.2, -0.15) is 0 Å². The van der Waals surface area contributed by atoms with E-state index in [-0.39, 0.29) is 0 Å². The molecule has 2 unspecified atom stereocenters. The predicted octanol–water partition coefficient (Wildman–Crippen LogP) is 2.68. The molecule has 2 rings (SSSR count). The van der Waals surface area contributed by atoms with Crippen molar-refractivity contribution in [3.63, 3.8) is 0 Å². The molecule has 0 saturated carbocycles. The molecule has 0 aliphatic carbocycles. The van der Waals surface area contributed by atoms with E-state index in [0.29, 0.717) is 12.1 Å². The number of hydrogen-bond acceptors (Lipinski definition) is 2. The molecule has 3 heteroatoms. The van der Waals surface area contributed by atoms with Gasteiger partial charge in [0.1, 0.15) is 0 Å². The molecule has 0 spiro atoms. The smallest absolute Gasteiger partial charge is 0.0740 e. The number of nitrogens with one attached hydrogen (secondary N) is 1. The van der Waals surface area contributed by atoms with Crippen molar-refractivity contribution in [3.8, 4) is 0 Å². The lowest BCUT2D eigenvalue weighted by Crippen LogP contribution is -2.45. The Hall–Kier alpha value is -0.380. The van der Waals surface area contributed by atoms with E-state index < -0.39 is 0 Å². The number of morpholine rings is 1. The van der Waals surface area contributed by atoms with Gasteiger partial charge in [0, 0.05) is 23.5 Å². The van der Waals surface area contributed by atoms with Crippen LogP contribution in [0, 0.1) is 6.92 Å². The Labute approximate surface area is 106 Å². The van der Waals surface area contributed by atoms with Crippen LogP contribution in [0.3, 0.4) is 0 Å². The molecule has 0 amide bonds. The first-order valence-corrected chi connectivity index (χ1v) is 6.54. The molecule has 16 heavy (non-hydrogen) atoms. The van der Waals surface area contributed by atoms with Crippen LogP contribution >= 0.6 is 15.9 Å². The second-order valence-corrected chi connectivity index (χ2v) is 5.46. The van der Waals surface area contributed by atoms with Gasteiger partial charge in [0.05, 0.1) is 12.7 Å². The van der Waals surface area contributed by atoms with Crippen molar-refractivity contribution < 1.29 is 4.74 Å². The van der Waals surface area contributed by atoms with Crippen molar-refractivity contribution in [3.05, 3.63) is 33.8 Å². The molecule has 0 aromatic heterocycles. The van der Waals surface area contributed by atoms with E-state index >= 15 is 0 Å². The minimum Gasteiger partial charge on any atom is -0.375 e. The highest BCUT2D eigenvalue weighted by atomic mass is 79.9. The van der Waals surface area contributed by atoms with Gasteiger partial charge in [-0.3, -0.25) is 0 Å². The minimum atomic E-state index is 0.316. The zero-order valence-corrected chi connectivity index (χ0v) is 11.4. The quantitative estimate of drug-likeness (QED) is 0.901. The highest BCUT2D eigenvalue weighted by Crippen LogP contribution is 2.18. The second kappa shape index (κ2) is 5.30.